The maximum atomic E-state index is 5.56. The van der Waals surface area contributed by atoms with Crippen LogP contribution in [0.5, 0.6) is 0 Å². The van der Waals surface area contributed by atoms with Crippen LogP contribution in [0, 0.1) is 12.8 Å². The molecule has 84 valence electrons. The Kier molecular flexibility index (Phi) is 5.12. The minimum Gasteiger partial charge on any atom is -0.370 e. The number of hydrogen-bond donors (Lipinski definition) is 2. The third-order valence-electron chi connectivity index (χ3n) is 2.72. The van der Waals surface area contributed by atoms with Crippen LogP contribution in [0.15, 0.2) is 18.3 Å². The molecule has 1 atom stereocenters. The predicted octanol–water partition coefficient (Wildman–Crippen LogP) is 2.18. The quantitative estimate of drug-likeness (QED) is 0.751. The van der Waals surface area contributed by atoms with Crippen molar-refractivity contribution in [1.82, 2.24) is 4.98 Å². The lowest BCUT2D eigenvalue weighted by Crippen LogP contribution is -2.18. The van der Waals surface area contributed by atoms with E-state index in [1.54, 1.807) is 0 Å². The summed E-state index contributed by atoms with van der Waals surface area (Å²) in [4.78, 5) is 4.30. The average Bonchev–Trinajstić information content (AvgIpc) is 2.26. The molecule has 15 heavy (non-hydrogen) atoms. The van der Waals surface area contributed by atoms with Gasteiger partial charge in [0.05, 0.1) is 0 Å². The molecule has 0 aromatic carbocycles. The van der Waals surface area contributed by atoms with Crippen LogP contribution >= 0.6 is 0 Å². The summed E-state index contributed by atoms with van der Waals surface area (Å²) in [7, 11) is 0. The van der Waals surface area contributed by atoms with Crippen molar-refractivity contribution in [3.63, 3.8) is 0 Å². The lowest BCUT2D eigenvalue weighted by atomic mass is 10.0. The van der Waals surface area contributed by atoms with Crippen LogP contribution in [0.2, 0.25) is 0 Å². The lowest BCUT2D eigenvalue weighted by molar-refractivity contribution is 0.501. The highest BCUT2D eigenvalue weighted by Crippen LogP contribution is 2.12. The van der Waals surface area contributed by atoms with E-state index in [4.69, 9.17) is 5.73 Å². The molecule has 0 amide bonds. The second kappa shape index (κ2) is 6.40. The van der Waals surface area contributed by atoms with Gasteiger partial charge in [-0.15, -0.1) is 0 Å². The summed E-state index contributed by atoms with van der Waals surface area (Å²) >= 11 is 0. The number of hydrogen-bond acceptors (Lipinski definition) is 3. The Morgan fingerprint density at radius 1 is 1.53 bits per heavy atom. The molecule has 1 aromatic heterocycles. The van der Waals surface area contributed by atoms with Crippen molar-refractivity contribution in [2.24, 2.45) is 11.7 Å². The molecule has 3 nitrogen and oxygen atoms in total. The van der Waals surface area contributed by atoms with Crippen molar-refractivity contribution >= 4 is 5.82 Å². The number of aromatic nitrogens is 1. The Hall–Kier alpha value is -1.09. The highest BCUT2D eigenvalue weighted by Gasteiger charge is 2.05. The van der Waals surface area contributed by atoms with Gasteiger partial charge in [0.2, 0.25) is 0 Å². The molecule has 0 radical (unpaired) electrons. The van der Waals surface area contributed by atoms with Gasteiger partial charge in [-0.25, -0.2) is 4.98 Å². The summed E-state index contributed by atoms with van der Waals surface area (Å²) in [5.41, 5.74) is 6.75. The van der Waals surface area contributed by atoms with Gasteiger partial charge >= 0.3 is 0 Å². The van der Waals surface area contributed by atoms with Gasteiger partial charge in [-0.3, -0.25) is 0 Å². The zero-order valence-electron chi connectivity index (χ0n) is 9.66. The first-order valence-electron chi connectivity index (χ1n) is 5.63. The predicted molar refractivity (Wildman–Crippen MR) is 64.9 cm³/mol. The summed E-state index contributed by atoms with van der Waals surface area (Å²) in [5.74, 6) is 1.64. The van der Waals surface area contributed by atoms with Gasteiger partial charge in [-0.1, -0.05) is 19.4 Å². The first kappa shape index (κ1) is 12.0. The SMILES string of the molecule is CCC(CCN)CNc1ncccc1C. The minimum absolute atomic E-state index is 0.649. The second-order valence-corrected chi connectivity index (χ2v) is 3.90. The fourth-order valence-corrected chi connectivity index (χ4v) is 1.60. The molecule has 0 fully saturated rings. The van der Waals surface area contributed by atoms with Crippen LogP contribution in [0.1, 0.15) is 25.3 Å². The number of nitrogens with two attached hydrogens (primary N) is 1. The topological polar surface area (TPSA) is 50.9 Å². The molecule has 0 spiro atoms. The summed E-state index contributed by atoms with van der Waals surface area (Å²) in [5, 5.41) is 3.38. The zero-order chi connectivity index (χ0) is 11.1. The van der Waals surface area contributed by atoms with Crippen molar-refractivity contribution < 1.29 is 0 Å². The van der Waals surface area contributed by atoms with E-state index in [1.165, 1.54) is 5.56 Å². The standard InChI is InChI=1S/C12H21N3/c1-3-11(6-7-13)9-15-12-10(2)5-4-8-14-12/h4-5,8,11H,3,6-7,9,13H2,1-2H3,(H,14,15). The molecule has 3 N–H and O–H groups in total. The molecule has 3 heteroatoms. The third-order valence-corrected chi connectivity index (χ3v) is 2.72. The number of anilines is 1. The van der Waals surface area contributed by atoms with Gasteiger partial charge in [-0.2, -0.15) is 0 Å². The summed E-state index contributed by atoms with van der Waals surface area (Å²) in [6.07, 6.45) is 4.06. The van der Waals surface area contributed by atoms with Crippen molar-refractivity contribution in [3.8, 4) is 0 Å². The monoisotopic (exact) mass is 207 g/mol. The van der Waals surface area contributed by atoms with Crippen LogP contribution in [0.3, 0.4) is 0 Å². The maximum absolute atomic E-state index is 5.56. The van der Waals surface area contributed by atoms with Crippen LogP contribution in [0.25, 0.3) is 0 Å². The molecular weight excluding hydrogens is 186 g/mol. The molecule has 0 aliphatic heterocycles. The van der Waals surface area contributed by atoms with E-state index in [0.29, 0.717) is 5.92 Å². The van der Waals surface area contributed by atoms with E-state index < -0.39 is 0 Å². The van der Waals surface area contributed by atoms with Gasteiger partial charge in [-0.05, 0) is 37.4 Å². The highest BCUT2D eigenvalue weighted by molar-refractivity contribution is 5.42. The Bertz CT molecular complexity index is 286. The normalized spacial score (nSPS) is 12.5. The molecule has 0 saturated carbocycles. The van der Waals surface area contributed by atoms with Crippen LogP contribution in [-0.4, -0.2) is 18.1 Å². The molecule has 0 aliphatic carbocycles. The smallest absolute Gasteiger partial charge is 0.128 e. The van der Waals surface area contributed by atoms with Crippen LogP contribution < -0.4 is 11.1 Å². The number of nitrogens with one attached hydrogen (secondary N) is 1. The molecule has 1 unspecified atom stereocenters. The number of pyridine rings is 1. The number of rotatable bonds is 6. The molecular formula is C12H21N3. The Morgan fingerprint density at radius 3 is 2.93 bits per heavy atom. The maximum Gasteiger partial charge on any atom is 0.128 e. The highest BCUT2D eigenvalue weighted by atomic mass is 15.0. The minimum atomic E-state index is 0.649. The Morgan fingerprint density at radius 2 is 2.33 bits per heavy atom. The summed E-state index contributed by atoms with van der Waals surface area (Å²) < 4.78 is 0. The first-order chi connectivity index (χ1) is 7.27. The van der Waals surface area contributed by atoms with Crippen LogP contribution in [0.4, 0.5) is 5.82 Å². The van der Waals surface area contributed by atoms with Crippen LogP contribution in [-0.2, 0) is 0 Å². The number of aryl methyl sites for hydroxylation is 1. The number of nitrogens with zero attached hydrogens (tertiary/aromatic N) is 1. The Balaban J connectivity index is 2.45. The van der Waals surface area contributed by atoms with E-state index in [9.17, 15) is 0 Å². The second-order valence-electron chi connectivity index (χ2n) is 3.90. The molecule has 1 rings (SSSR count). The van der Waals surface area contributed by atoms with E-state index in [-0.39, 0.29) is 0 Å². The fraction of sp³-hybridized carbons (Fsp3) is 0.583. The van der Waals surface area contributed by atoms with E-state index in [1.807, 2.05) is 12.3 Å². The largest absolute Gasteiger partial charge is 0.370 e. The molecule has 1 heterocycles. The van der Waals surface area contributed by atoms with Gasteiger partial charge in [0.15, 0.2) is 0 Å². The van der Waals surface area contributed by atoms with Crippen molar-refractivity contribution in [3.05, 3.63) is 23.9 Å². The van der Waals surface area contributed by atoms with Crippen molar-refractivity contribution in [2.45, 2.75) is 26.7 Å². The lowest BCUT2D eigenvalue weighted by Gasteiger charge is -2.15. The van der Waals surface area contributed by atoms with Gasteiger partial charge in [0.1, 0.15) is 5.82 Å². The van der Waals surface area contributed by atoms with Gasteiger partial charge < -0.3 is 11.1 Å². The zero-order valence-corrected chi connectivity index (χ0v) is 9.66. The van der Waals surface area contributed by atoms with E-state index >= 15 is 0 Å². The van der Waals surface area contributed by atoms with E-state index in [0.717, 1.165) is 31.7 Å². The van der Waals surface area contributed by atoms with E-state index in [2.05, 4.69) is 30.2 Å². The van der Waals surface area contributed by atoms with Gasteiger partial charge in [0.25, 0.3) is 0 Å². The molecule has 0 aliphatic rings. The fourth-order valence-electron chi connectivity index (χ4n) is 1.60. The van der Waals surface area contributed by atoms with Gasteiger partial charge in [0, 0.05) is 12.7 Å². The molecule has 0 bridgehead atoms. The summed E-state index contributed by atoms with van der Waals surface area (Å²) in [6.45, 7) is 6.00. The molecule has 0 saturated heterocycles. The molecule has 1 aromatic rings. The van der Waals surface area contributed by atoms with Crippen molar-refractivity contribution in [1.29, 1.82) is 0 Å². The summed E-state index contributed by atoms with van der Waals surface area (Å²) in [6, 6.07) is 4.02. The first-order valence-corrected chi connectivity index (χ1v) is 5.63. The average molecular weight is 207 g/mol. The Labute approximate surface area is 92.1 Å². The van der Waals surface area contributed by atoms with Crippen molar-refractivity contribution in [2.75, 3.05) is 18.4 Å². The third kappa shape index (κ3) is 3.88.